The fraction of sp³-hybridized carbons (Fsp3) is 0.625. The largest absolute Gasteiger partial charge is 0.454 e. The van der Waals surface area contributed by atoms with Gasteiger partial charge in [-0.3, -0.25) is 4.90 Å². The number of likely N-dealkylation sites (tertiary alicyclic amines) is 1. The highest BCUT2D eigenvalue weighted by molar-refractivity contribution is 9.10. The number of nitrogens with two attached hydrogens (primary N) is 1. The predicted molar refractivity (Wildman–Crippen MR) is 86.6 cm³/mol. The molecule has 21 heavy (non-hydrogen) atoms. The van der Waals surface area contributed by atoms with E-state index in [0.717, 1.165) is 35.0 Å². The van der Waals surface area contributed by atoms with Gasteiger partial charge >= 0.3 is 0 Å². The van der Waals surface area contributed by atoms with E-state index in [4.69, 9.17) is 15.2 Å². The lowest BCUT2D eigenvalue weighted by atomic mass is 10.0. The summed E-state index contributed by atoms with van der Waals surface area (Å²) in [5.41, 5.74) is 7.28. The van der Waals surface area contributed by atoms with Crippen LogP contribution in [0.25, 0.3) is 0 Å². The Morgan fingerprint density at radius 2 is 2.29 bits per heavy atom. The van der Waals surface area contributed by atoms with E-state index in [1.54, 1.807) is 0 Å². The summed E-state index contributed by atoms with van der Waals surface area (Å²) in [7, 11) is 0. The first-order valence-electron chi connectivity index (χ1n) is 7.76. The van der Waals surface area contributed by atoms with Gasteiger partial charge in [-0.25, -0.2) is 0 Å². The maximum Gasteiger partial charge on any atom is 0.231 e. The Hall–Kier alpha value is -0.780. The number of hydrogen-bond donors (Lipinski definition) is 1. The van der Waals surface area contributed by atoms with Crippen molar-refractivity contribution in [3.8, 4) is 11.5 Å². The minimum atomic E-state index is 0.262. The van der Waals surface area contributed by atoms with E-state index >= 15 is 0 Å². The third kappa shape index (κ3) is 3.05. The number of hydrogen-bond acceptors (Lipinski definition) is 4. The lowest BCUT2D eigenvalue weighted by molar-refractivity contribution is 0.173. The molecule has 0 spiro atoms. The van der Waals surface area contributed by atoms with Crippen LogP contribution in [-0.2, 0) is 0 Å². The monoisotopic (exact) mass is 354 g/mol. The van der Waals surface area contributed by atoms with Gasteiger partial charge in [0.2, 0.25) is 6.79 Å². The van der Waals surface area contributed by atoms with Gasteiger partial charge < -0.3 is 15.2 Å². The van der Waals surface area contributed by atoms with Crippen LogP contribution in [0.2, 0.25) is 0 Å². The van der Waals surface area contributed by atoms with Gasteiger partial charge in [-0.05, 0) is 58.9 Å². The summed E-state index contributed by atoms with van der Waals surface area (Å²) in [6.07, 6.45) is 3.87. The molecule has 0 amide bonds. The number of rotatable bonds is 5. The van der Waals surface area contributed by atoms with Crippen molar-refractivity contribution in [1.82, 2.24) is 4.90 Å². The van der Waals surface area contributed by atoms with Crippen molar-refractivity contribution in [2.75, 3.05) is 26.4 Å². The van der Waals surface area contributed by atoms with Crippen molar-refractivity contribution in [3.05, 3.63) is 22.2 Å². The molecule has 116 valence electrons. The molecule has 2 heterocycles. The summed E-state index contributed by atoms with van der Waals surface area (Å²) in [5.74, 6) is 2.45. The predicted octanol–water partition coefficient (Wildman–Crippen LogP) is 3.30. The van der Waals surface area contributed by atoms with Gasteiger partial charge in [0, 0.05) is 19.1 Å². The minimum Gasteiger partial charge on any atom is -0.454 e. The SMILES string of the molecule is CCCC1CCN(C(CN)c2cc(Br)c3c(c2)OCO3)C1. The third-order valence-corrected chi connectivity index (χ3v) is 5.10. The maximum absolute atomic E-state index is 6.07. The van der Waals surface area contributed by atoms with Crippen LogP contribution in [0.15, 0.2) is 16.6 Å². The molecule has 0 aromatic heterocycles. The number of ether oxygens (including phenoxy) is 2. The van der Waals surface area contributed by atoms with Crippen LogP contribution < -0.4 is 15.2 Å². The lowest BCUT2D eigenvalue weighted by Gasteiger charge is -2.27. The standard InChI is InChI=1S/C16H23BrN2O2/c1-2-3-11-4-5-19(9-11)14(8-18)12-6-13(17)16-15(7-12)20-10-21-16/h6-7,11,14H,2-5,8-10,18H2,1H3. The molecule has 1 fully saturated rings. The van der Waals surface area contributed by atoms with E-state index < -0.39 is 0 Å². The van der Waals surface area contributed by atoms with E-state index in [2.05, 4.69) is 39.9 Å². The number of benzene rings is 1. The van der Waals surface area contributed by atoms with Gasteiger partial charge in [0.1, 0.15) is 0 Å². The van der Waals surface area contributed by atoms with Crippen LogP contribution in [-0.4, -0.2) is 31.3 Å². The molecule has 2 atom stereocenters. The average molecular weight is 355 g/mol. The van der Waals surface area contributed by atoms with Crippen molar-refractivity contribution in [1.29, 1.82) is 0 Å². The first kappa shape index (κ1) is 15.1. The van der Waals surface area contributed by atoms with Crippen molar-refractivity contribution in [3.63, 3.8) is 0 Å². The number of fused-ring (bicyclic) bond motifs is 1. The van der Waals surface area contributed by atoms with Gasteiger partial charge in [-0.15, -0.1) is 0 Å². The summed E-state index contributed by atoms with van der Waals surface area (Å²) in [6.45, 7) is 5.48. The molecule has 1 saturated heterocycles. The molecular weight excluding hydrogens is 332 g/mol. The highest BCUT2D eigenvalue weighted by atomic mass is 79.9. The van der Waals surface area contributed by atoms with Crippen molar-refractivity contribution in [2.45, 2.75) is 32.2 Å². The number of halogens is 1. The Morgan fingerprint density at radius 3 is 3.05 bits per heavy atom. The molecule has 2 aliphatic heterocycles. The Balaban J connectivity index is 1.79. The molecular formula is C16H23BrN2O2. The molecule has 1 aromatic carbocycles. The van der Waals surface area contributed by atoms with E-state index in [0.29, 0.717) is 13.3 Å². The lowest BCUT2D eigenvalue weighted by Crippen LogP contribution is -2.32. The fourth-order valence-corrected chi connectivity index (χ4v) is 4.04. The molecule has 0 bridgehead atoms. The van der Waals surface area contributed by atoms with Gasteiger partial charge in [0.25, 0.3) is 0 Å². The van der Waals surface area contributed by atoms with Crippen LogP contribution in [0.5, 0.6) is 11.5 Å². The first-order chi connectivity index (χ1) is 10.2. The molecule has 2 N–H and O–H groups in total. The van der Waals surface area contributed by atoms with Crippen LogP contribution in [0.1, 0.15) is 37.8 Å². The van der Waals surface area contributed by atoms with E-state index in [9.17, 15) is 0 Å². The summed E-state index contributed by atoms with van der Waals surface area (Å²) < 4.78 is 11.9. The fourth-order valence-electron chi connectivity index (χ4n) is 3.47. The number of nitrogens with zero attached hydrogens (tertiary/aromatic N) is 1. The molecule has 0 radical (unpaired) electrons. The highest BCUT2D eigenvalue weighted by Crippen LogP contribution is 2.42. The minimum absolute atomic E-state index is 0.262. The van der Waals surface area contributed by atoms with Crippen LogP contribution in [0.4, 0.5) is 0 Å². The molecule has 4 nitrogen and oxygen atoms in total. The summed E-state index contributed by atoms with van der Waals surface area (Å²) in [5, 5.41) is 0. The molecule has 0 saturated carbocycles. The quantitative estimate of drug-likeness (QED) is 0.881. The Labute approximate surface area is 134 Å². The van der Waals surface area contributed by atoms with Crippen LogP contribution in [0, 0.1) is 5.92 Å². The molecule has 1 aromatic rings. The second-order valence-corrected chi connectivity index (χ2v) is 6.78. The van der Waals surface area contributed by atoms with Gasteiger partial charge in [-0.2, -0.15) is 0 Å². The summed E-state index contributed by atoms with van der Waals surface area (Å²) in [6, 6.07) is 4.47. The van der Waals surface area contributed by atoms with Crippen molar-refractivity contribution in [2.24, 2.45) is 11.7 Å². The highest BCUT2D eigenvalue weighted by Gasteiger charge is 2.29. The molecule has 2 unspecified atom stereocenters. The van der Waals surface area contributed by atoms with Gasteiger partial charge in [-0.1, -0.05) is 13.3 Å². The first-order valence-corrected chi connectivity index (χ1v) is 8.55. The average Bonchev–Trinajstić information content (AvgIpc) is 3.10. The Kier molecular flexibility index (Phi) is 4.72. The van der Waals surface area contributed by atoms with Gasteiger partial charge in [0.15, 0.2) is 11.5 Å². The van der Waals surface area contributed by atoms with E-state index in [-0.39, 0.29) is 6.04 Å². The second-order valence-electron chi connectivity index (χ2n) is 5.93. The van der Waals surface area contributed by atoms with Crippen LogP contribution in [0.3, 0.4) is 0 Å². The zero-order valence-corrected chi connectivity index (χ0v) is 14.1. The molecule has 5 heteroatoms. The maximum atomic E-state index is 6.07. The topological polar surface area (TPSA) is 47.7 Å². The van der Waals surface area contributed by atoms with Crippen molar-refractivity contribution >= 4 is 15.9 Å². The third-order valence-electron chi connectivity index (χ3n) is 4.51. The zero-order chi connectivity index (χ0) is 14.8. The summed E-state index contributed by atoms with van der Waals surface area (Å²) in [4.78, 5) is 2.52. The zero-order valence-electron chi connectivity index (χ0n) is 12.5. The second kappa shape index (κ2) is 6.55. The molecule has 3 rings (SSSR count). The van der Waals surface area contributed by atoms with Crippen molar-refractivity contribution < 1.29 is 9.47 Å². The summed E-state index contributed by atoms with van der Waals surface area (Å²) >= 11 is 3.58. The molecule has 2 aliphatic rings. The van der Waals surface area contributed by atoms with Crippen LogP contribution >= 0.6 is 15.9 Å². The van der Waals surface area contributed by atoms with Gasteiger partial charge in [0.05, 0.1) is 4.47 Å². The Bertz CT molecular complexity index is 509. The Morgan fingerprint density at radius 1 is 1.43 bits per heavy atom. The normalized spacial score (nSPS) is 22.7. The molecule has 0 aliphatic carbocycles. The van der Waals surface area contributed by atoms with E-state index in [1.807, 2.05) is 0 Å². The van der Waals surface area contributed by atoms with E-state index in [1.165, 1.54) is 24.8 Å². The smallest absolute Gasteiger partial charge is 0.231 e.